The van der Waals surface area contributed by atoms with Crippen molar-refractivity contribution >= 4 is 69.5 Å². The quantitative estimate of drug-likeness (QED) is 0.0356. The van der Waals surface area contributed by atoms with Gasteiger partial charge < -0.3 is 47.5 Å². The summed E-state index contributed by atoms with van der Waals surface area (Å²) in [5.41, 5.74) is 27.7. The number of carbonyl (C=O) groups is 4. The van der Waals surface area contributed by atoms with Crippen molar-refractivity contribution < 1.29 is 33.1 Å². The van der Waals surface area contributed by atoms with Gasteiger partial charge in [0.15, 0.2) is 5.76 Å². The topological polar surface area (TPSA) is 252 Å². The fourth-order valence-corrected chi connectivity index (χ4v) is 5.21. The number of nitrogens with one attached hydrogen (secondary N) is 4. The largest absolute Gasteiger partial charge is 0.459 e. The fraction of sp³-hybridized carbons (Fsp3) is 0.224. The van der Waals surface area contributed by atoms with E-state index in [0.717, 1.165) is 37.8 Å². The third-order valence-electron chi connectivity index (χ3n) is 8.61. The zero-order chi connectivity index (χ0) is 46.4. The first-order chi connectivity index (χ1) is 30.9. The van der Waals surface area contributed by atoms with E-state index in [1.165, 1.54) is 19.1 Å². The van der Waals surface area contributed by atoms with Crippen molar-refractivity contribution in [3.8, 4) is 5.75 Å². The number of nitrogen functional groups attached to an aromatic ring is 4. The fourth-order valence-electron chi connectivity index (χ4n) is 5.21. The van der Waals surface area contributed by atoms with Gasteiger partial charge in [0.25, 0.3) is 5.91 Å². The molecule has 0 aliphatic carbocycles. The van der Waals surface area contributed by atoms with E-state index >= 15 is 0 Å². The van der Waals surface area contributed by atoms with Crippen molar-refractivity contribution in [3.63, 3.8) is 0 Å². The third-order valence-corrected chi connectivity index (χ3v) is 8.61. The molecule has 12 N–H and O–H groups in total. The highest BCUT2D eigenvalue weighted by Gasteiger charge is 2.08. The molecule has 4 amide bonds. The van der Waals surface area contributed by atoms with Gasteiger partial charge in [-0.05, 0) is 134 Å². The zero-order valence-corrected chi connectivity index (χ0v) is 36.4. The van der Waals surface area contributed by atoms with Crippen LogP contribution in [0.5, 0.6) is 5.75 Å². The summed E-state index contributed by atoms with van der Waals surface area (Å²) in [4.78, 5) is 45.8. The molecule has 0 atom stereocenters. The lowest BCUT2D eigenvalue weighted by Gasteiger charge is -2.06. The van der Waals surface area contributed by atoms with Gasteiger partial charge in [0, 0.05) is 51.9 Å². The highest BCUT2D eigenvalue weighted by atomic mass is 16.6. The molecule has 0 aliphatic rings. The van der Waals surface area contributed by atoms with Gasteiger partial charge in [-0.2, -0.15) is 0 Å². The highest BCUT2D eigenvalue weighted by molar-refractivity contribution is 6.02. The molecule has 0 bridgehead atoms. The van der Waals surface area contributed by atoms with Crippen molar-refractivity contribution in [2.24, 2.45) is 0 Å². The predicted octanol–water partition coefficient (Wildman–Crippen LogP) is 11.2. The third kappa shape index (κ3) is 22.1. The molecule has 64 heavy (non-hydrogen) atoms. The van der Waals surface area contributed by atoms with Crippen LogP contribution >= 0.6 is 0 Å². The van der Waals surface area contributed by atoms with Crippen LogP contribution in [0.4, 0.5) is 55.1 Å². The first kappa shape index (κ1) is 50.4. The molecular weight excluding hydrogens is 813 g/mol. The monoisotopic (exact) mass is 872 g/mol. The van der Waals surface area contributed by atoms with Crippen LogP contribution in [0.2, 0.25) is 0 Å². The van der Waals surface area contributed by atoms with Crippen LogP contribution in [-0.4, -0.2) is 30.6 Å². The number of para-hydroxylation sites is 1. The van der Waals surface area contributed by atoms with Gasteiger partial charge in [-0.3, -0.25) is 20.2 Å². The molecule has 0 saturated carbocycles. The Labute approximate surface area is 374 Å². The molecule has 6 aromatic rings. The van der Waals surface area contributed by atoms with E-state index in [0.29, 0.717) is 58.6 Å². The maximum absolute atomic E-state index is 11.5. The Bertz CT molecular complexity index is 2220. The van der Waals surface area contributed by atoms with Gasteiger partial charge in [-0.1, -0.05) is 64.2 Å². The van der Waals surface area contributed by atoms with Crippen molar-refractivity contribution in [1.82, 2.24) is 0 Å². The van der Waals surface area contributed by atoms with Crippen molar-refractivity contribution in [2.75, 3.05) is 50.8 Å². The minimum Gasteiger partial charge on any atom is -0.459 e. The summed E-state index contributed by atoms with van der Waals surface area (Å²) < 4.78 is 15.1. The number of carbonyl (C=O) groups excluding carboxylic acids is 4. The minimum atomic E-state index is -0.527. The zero-order valence-electron chi connectivity index (χ0n) is 36.4. The lowest BCUT2D eigenvalue weighted by Crippen LogP contribution is -2.16. The van der Waals surface area contributed by atoms with Crippen LogP contribution < -0.4 is 48.9 Å². The van der Waals surface area contributed by atoms with E-state index in [1.807, 2.05) is 18.2 Å². The summed E-state index contributed by atoms with van der Waals surface area (Å²) in [5, 5.41) is 10.8. The Morgan fingerprint density at radius 3 is 1.41 bits per heavy atom. The Morgan fingerprint density at radius 1 is 0.484 bits per heavy atom. The van der Waals surface area contributed by atoms with Gasteiger partial charge in [-0.25, -0.2) is 9.59 Å². The lowest BCUT2D eigenvalue weighted by atomic mass is 10.2. The number of benzene rings is 5. The highest BCUT2D eigenvalue weighted by Crippen LogP contribution is 2.15. The second-order valence-corrected chi connectivity index (χ2v) is 14.1. The molecular formula is C49H60N8O7. The summed E-state index contributed by atoms with van der Waals surface area (Å²) >= 11 is 0. The number of ether oxygens (including phenoxy) is 2. The number of amides is 4. The number of hydrogen-bond acceptors (Lipinski definition) is 11. The van der Waals surface area contributed by atoms with E-state index in [1.54, 1.807) is 121 Å². The van der Waals surface area contributed by atoms with E-state index in [4.69, 9.17) is 36.8 Å². The standard InChI is InChI=1S/C13H12N2O2.C13H20N2O2.C12H18N2O.C11H10N2O2/c14-10-6-8-11(9-7-10)15-13(16)17-12-4-2-1-3-5-12;1-2-3-4-5-10-17-13(16)15-12-8-6-11(14)7-9-12;1-2-3-4-5-12(15)14-11-8-6-10(13)7-9-11;12-8-3-5-9(6-4-8)13-11(14)10-2-1-7-15-10/h1-9H,14H2,(H,15,16);6-9H,2-5,10,14H2,1H3,(H,15,16);6-9H,2-5,13H2,1H3,(H,14,15);1-7H,12H2,(H,13,14). The molecule has 0 saturated heterocycles. The van der Waals surface area contributed by atoms with Crippen molar-refractivity contribution in [1.29, 1.82) is 0 Å². The van der Waals surface area contributed by atoms with Gasteiger partial charge in [-0.15, -0.1) is 0 Å². The summed E-state index contributed by atoms with van der Waals surface area (Å²) in [6.07, 6.45) is 8.69. The van der Waals surface area contributed by atoms with Gasteiger partial charge >= 0.3 is 12.2 Å². The van der Waals surface area contributed by atoms with Crippen molar-refractivity contribution in [2.45, 2.75) is 65.2 Å². The second-order valence-electron chi connectivity index (χ2n) is 14.1. The first-order valence-corrected chi connectivity index (χ1v) is 21.0. The molecule has 0 radical (unpaired) electrons. The van der Waals surface area contributed by atoms with Crippen LogP contribution in [0.3, 0.4) is 0 Å². The summed E-state index contributed by atoms with van der Waals surface area (Å²) in [7, 11) is 0. The maximum Gasteiger partial charge on any atom is 0.417 e. The Hall–Kier alpha value is -7.94. The minimum absolute atomic E-state index is 0.0771. The molecule has 0 spiro atoms. The molecule has 0 unspecified atom stereocenters. The van der Waals surface area contributed by atoms with Gasteiger partial charge in [0.1, 0.15) is 5.75 Å². The molecule has 338 valence electrons. The molecule has 0 fully saturated rings. The van der Waals surface area contributed by atoms with Crippen LogP contribution in [0.15, 0.2) is 150 Å². The first-order valence-electron chi connectivity index (χ1n) is 21.0. The van der Waals surface area contributed by atoms with Gasteiger partial charge in [0.05, 0.1) is 12.9 Å². The lowest BCUT2D eigenvalue weighted by molar-refractivity contribution is -0.116. The number of rotatable bonds is 15. The molecule has 0 aliphatic heterocycles. The number of hydrogen-bond donors (Lipinski definition) is 8. The molecule has 5 aromatic carbocycles. The smallest absolute Gasteiger partial charge is 0.417 e. The Morgan fingerprint density at radius 2 is 0.938 bits per heavy atom. The van der Waals surface area contributed by atoms with Crippen LogP contribution in [0.25, 0.3) is 0 Å². The molecule has 1 aromatic heterocycles. The Kier molecular flexibility index (Phi) is 23.1. The van der Waals surface area contributed by atoms with Crippen LogP contribution in [-0.2, 0) is 9.53 Å². The summed E-state index contributed by atoms with van der Waals surface area (Å²) in [6.45, 7) is 4.74. The van der Waals surface area contributed by atoms with E-state index in [-0.39, 0.29) is 17.6 Å². The average molecular weight is 873 g/mol. The molecule has 6 rings (SSSR count). The number of unbranched alkanes of at least 4 members (excludes halogenated alkanes) is 5. The average Bonchev–Trinajstić information content (AvgIpc) is 3.84. The molecule has 15 heteroatoms. The number of furan rings is 1. The number of nitrogens with two attached hydrogens (primary N) is 4. The normalized spacial score (nSPS) is 9.84. The predicted molar refractivity (Wildman–Crippen MR) is 258 cm³/mol. The number of anilines is 8. The van der Waals surface area contributed by atoms with Gasteiger partial charge in [0.2, 0.25) is 5.91 Å². The molecule has 15 nitrogen and oxygen atoms in total. The summed E-state index contributed by atoms with van der Waals surface area (Å²) in [6, 6.07) is 40.0. The van der Waals surface area contributed by atoms with E-state index in [9.17, 15) is 19.2 Å². The SMILES string of the molecule is CCCCCC(=O)Nc1ccc(N)cc1.CCCCCCOC(=O)Nc1ccc(N)cc1.Nc1ccc(NC(=O)Oc2ccccc2)cc1.Nc1ccc(NC(=O)c2ccco2)cc1. The van der Waals surface area contributed by atoms with Crippen molar-refractivity contribution in [3.05, 3.63) is 152 Å². The Balaban J connectivity index is 0.000000227. The summed E-state index contributed by atoms with van der Waals surface area (Å²) in [5.74, 6) is 0.588. The second kappa shape index (κ2) is 29.3. The van der Waals surface area contributed by atoms with Crippen LogP contribution in [0, 0.1) is 0 Å². The van der Waals surface area contributed by atoms with E-state index in [2.05, 4.69) is 35.1 Å². The maximum atomic E-state index is 11.5. The van der Waals surface area contributed by atoms with Crippen LogP contribution in [0.1, 0.15) is 75.8 Å². The van der Waals surface area contributed by atoms with E-state index < -0.39 is 12.2 Å². The molecule has 1 heterocycles.